The maximum Gasteiger partial charge on any atom is 0.286 e. The summed E-state index contributed by atoms with van der Waals surface area (Å²) >= 11 is 5.51. The average molecular weight is 213 g/mol. The van der Waals surface area contributed by atoms with Crippen LogP contribution in [0.1, 0.15) is 10.5 Å². The molecule has 1 aromatic rings. The summed E-state index contributed by atoms with van der Waals surface area (Å²) in [4.78, 5) is 18.3. The van der Waals surface area contributed by atoms with Crippen LogP contribution in [0.5, 0.6) is 0 Å². The third-order valence-electron chi connectivity index (χ3n) is 1.29. The van der Waals surface area contributed by atoms with Gasteiger partial charge in [0.25, 0.3) is 5.91 Å². The van der Waals surface area contributed by atoms with E-state index in [1.54, 1.807) is 0 Å². The monoisotopic (exact) mass is 212 g/mol. The van der Waals surface area contributed by atoms with Gasteiger partial charge in [-0.15, -0.1) is 0 Å². The van der Waals surface area contributed by atoms with E-state index in [-0.39, 0.29) is 22.5 Å². The van der Waals surface area contributed by atoms with Crippen LogP contribution in [-0.4, -0.2) is 15.9 Å². The third kappa shape index (κ3) is 1.81. The highest BCUT2D eigenvalue weighted by atomic mass is 35.5. The van der Waals surface area contributed by atoms with Crippen molar-refractivity contribution < 1.29 is 4.79 Å². The van der Waals surface area contributed by atoms with Crippen molar-refractivity contribution in [1.82, 2.24) is 15.3 Å². The first-order chi connectivity index (χ1) is 6.56. The molecule has 1 amide bonds. The van der Waals surface area contributed by atoms with Crippen LogP contribution in [0.3, 0.4) is 0 Å². The van der Waals surface area contributed by atoms with Gasteiger partial charge >= 0.3 is 0 Å². The van der Waals surface area contributed by atoms with E-state index in [0.717, 1.165) is 0 Å². The van der Waals surface area contributed by atoms with Gasteiger partial charge < -0.3 is 11.5 Å². The molecular formula is C6H5ClN6O. The van der Waals surface area contributed by atoms with Gasteiger partial charge in [-0.25, -0.2) is 9.97 Å². The standard InChI is InChI=1S/C6H5ClN6O/c7-3-5(10)13-4(9)2(12-3)6(14)11-1-8/h(H,11,14)(H4,9,10,13). The summed E-state index contributed by atoms with van der Waals surface area (Å²) in [6.45, 7) is 0. The first-order valence-corrected chi connectivity index (χ1v) is 3.72. The van der Waals surface area contributed by atoms with E-state index in [1.807, 2.05) is 5.32 Å². The number of hydrogen-bond acceptors (Lipinski definition) is 6. The van der Waals surface area contributed by atoms with Crippen LogP contribution in [-0.2, 0) is 0 Å². The normalized spacial score (nSPS) is 9.14. The Bertz CT molecular complexity index is 425. The molecule has 0 unspecified atom stereocenters. The Labute approximate surface area is 83.7 Å². The highest BCUT2D eigenvalue weighted by Gasteiger charge is 2.14. The average Bonchev–Trinajstić information content (AvgIpc) is 2.11. The lowest BCUT2D eigenvalue weighted by Gasteiger charge is -2.03. The Balaban J connectivity index is 3.17. The number of carbonyl (C=O) groups is 1. The van der Waals surface area contributed by atoms with Crippen molar-refractivity contribution in [3.8, 4) is 6.19 Å². The van der Waals surface area contributed by atoms with Crippen molar-refractivity contribution in [2.45, 2.75) is 0 Å². The summed E-state index contributed by atoms with van der Waals surface area (Å²) in [5, 5.41) is 9.88. The fourth-order valence-electron chi connectivity index (χ4n) is 0.719. The van der Waals surface area contributed by atoms with Gasteiger partial charge in [0.2, 0.25) is 0 Å². The molecule has 0 saturated heterocycles. The van der Waals surface area contributed by atoms with Crippen molar-refractivity contribution in [2.24, 2.45) is 0 Å². The largest absolute Gasteiger partial charge is 0.382 e. The van der Waals surface area contributed by atoms with Gasteiger partial charge in [0.1, 0.15) is 0 Å². The topological polar surface area (TPSA) is 131 Å². The molecule has 5 N–H and O–H groups in total. The summed E-state index contributed by atoms with van der Waals surface area (Å²) < 4.78 is 0. The second kappa shape index (κ2) is 3.76. The van der Waals surface area contributed by atoms with Crippen molar-refractivity contribution in [3.05, 3.63) is 10.8 Å². The molecule has 8 heteroatoms. The molecule has 1 rings (SSSR count). The van der Waals surface area contributed by atoms with Gasteiger partial charge in [0.05, 0.1) is 0 Å². The Hall–Kier alpha value is -2.07. The van der Waals surface area contributed by atoms with Crippen LogP contribution < -0.4 is 16.8 Å². The molecule has 0 aliphatic rings. The molecule has 0 bridgehead atoms. The van der Waals surface area contributed by atoms with Crippen LogP contribution in [0.25, 0.3) is 0 Å². The molecule has 0 saturated carbocycles. The Morgan fingerprint density at radius 3 is 2.64 bits per heavy atom. The van der Waals surface area contributed by atoms with E-state index >= 15 is 0 Å². The number of nitriles is 1. The Kier molecular flexibility index (Phi) is 2.69. The summed E-state index contributed by atoms with van der Waals surface area (Å²) in [5.41, 5.74) is 10.4. The van der Waals surface area contributed by atoms with Crippen LogP contribution in [0, 0.1) is 11.5 Å². The van der Waals surface area contributed by atoms with Crippen LogP contribution in [0.4, 0.5) is 11.6 Å². The zero-order valence-corrected chi connectivity index (χ0v) is 7.54. The zero-order chi connectivity index (χ0) is 10.7. The maximum absolute atomic E-state index is 11.1. The van der Waals surface area contributed by atoms with Crippen molar-refractivity contribution >= 4 is 29.1 Å². The van der Waals surface area contributed by atoms with Crippen LogP contribution in [0.2, 0.25) is 5.15 Å². The van der Waals surface area contributed by atoms with E-state index in [4.69, 9.17) is 28.3 Å². The summed E-state index contributed by atoms with van der Waals surface area (Å²) in [7, 11) is 0. The minimum atomic E-state index is -0.778. The Morgan fingerprint density at radius 2 is 2.07 bits per heavy atom. The van der Waals surface area contributed by atoms with Gasteiger partial charge in [0, 0.05) is 0 Å². The number of hydrogen-bond donors (Lipinski definition) is 3. The molecule has 7 nitrogen and oxygen atoms in total. The third-order valence-corrected chi connectivity index (χ3v) is 1.57. The lowest BCUT2D eigenvalue weighted by atomic mass is 10.4. The minimum Gasteiger partial charge on any atom is -0.382 e. The number of halogens is 1. The highest BCUT2D eigenvalue weighted by Crippen LogP contribution is 2.16. The highest BCUT2D eigenvalue weighted by molar-refractivity contribution is 6.31. The molecule has 0 atom stereocenters. The number of amides is 1. The first kappa shape index (κ1) is 10.0. The number of nitrogen functional groups attached to an aromatic ring is 2. The summed E-state index contributed by atoms with van der Waals surface area (Å²) in [6, 6.07) is 0. The van der Waals surface area contributed by atoms with Crippen molar-refractivity contribution in [1.29, 1.82) is 5.26 Å². The number of nitrogens with one attached hydrogen (secondary N) is 1. The van der Waals surface area contributed by atoms with Crippen LogP contribution >= 0.6 is 11.6 Å². The zero-order valence-electron chi connectivity index (χ0n) is 6.78. The second-order valence-corrected chi connectivity index (χ2v) is 2.56. The predicted molar refractivity (Wildman–Crippen MR) is 48.9 cm³/mol. The SMILES string of the molecule is N#CNC(=O)c1nc(Cl)c(N)nc1N. The number of nitrogens with two attached hydrogens (primary N) is 2. The van der Waals surface area contributed by atoms with Gasteiger partial charge in [0.15, 0.2) is 28.7 Å². The number of aromatic nitrogens is 2. The molecule has 72 valence electrons. The van der Waals surface area contributed by atoms with Gasteiger partial charge in [-0.1, -0.05) is 11.6 Å². The maximum atomic E-state index is 11.1. The summed E-state index contributed by atoms with van der Waals surface area (Å²) in [5.74, 6) is -1.03. The predicted octanol–water partition coefficient (Wildman–Crippen LogP) is -0.495. The number of anilines is 2. The van der Waals surface area contributed by atoms with Crippen molar-refractivity contribution in [3.63, 3.8) is 0 Å². The second-order valence-electron chi connectivity index (χ2n) is 2.20. The van der Waals surface area contributed by atoms with E-state index < -0.39 is 5.91 Å². The van der Waals surface area contributed by atoms with Gasteiger partial charge in [-0.05, 0) is 0 Å². The van der Waals surface area contributed by atoms with Crippen molar-refractivity contribution in [2.75, 3.05) is 11.5 Å². The quantitative estimate of drug-likeness (QED) is 0.425. The number of rotatable bonds is 1. The fourth-order valence-corrected chi connectivity index (χ4v) is 0.845. The molecule has 0 spiro atoms. The number of carbonyl (C=O) groups excluding carboxylic acids is 1. The molecule has 1 heterocycles. The molecule has 0 aliphatic carbocycles. The van der Waals surface area contributed by atoms with E-state index in [0.29, 0.717) is 0 Å². The van der Waals surface area contributed by atoms with Gasteiger partial charge in [-0.3, -0.25) is 10.1 Å². The fraction of sp³-hybridized carbons (Fsp3) is 0. The lowest BCUT2D eigenvalue weighted by molar-refractivity contribution is 0.0968. The van der Waals surface area contributed by atoms with Gasteiger partial charge in [-0.2, -0.15) is 5.26 Å². The molecule has 1 aromatic heterocycles. The Morgan fingerprint density at radius 1 is 1.43 bits per heavy atom. The molecule has 0 aromatic carbocycles. The minimum absolute atomic E-state index is 0.0716. The molecule has 0 aliphatic heterocycles. The molecular weight excluding hydrogens is 208 g/mol. The smallest absolute Gasteiger partial charge is 0.286 e. The molecule has 0 fully saturated rings. The van der Waals surface area contributed by atoms with E-state index in [2.05, 4.69) is 9.97 Å². The van der Waals surface area contributed by atoms with E-state index in [9.17, 15) is 4.79 Å². The molecule has 0 radical (unpaired) electrons. The lowest BCUT2D eigenvalue weighted by Crippen LogP contribution is -2.21. The van der Waals surface area contributed by atoms with E-state index in [1.165, 1.54) is 6.19 Å². The molecule has 14 heavy (non-hydrogen) atoms. The number of nitrogens with zero attached hydrogens (tertiary/aromatic N) is 3. The summed E-state index contributed by atoms with van der Waals surface area (Å²) in [6.07, 6.45) is 1.43. The van der Waals surface area contributed by atoms with Crippen LogP contribution in [0.15, 0.2) is 0 Å². The first-order valence-electron chi connectivity index (χ1n) is 3.34.